The molecule has 4 N–H and O–H groups in total. The van der Waals surface area contributed by atoms with Crippen molar-refractivity contribution in [2.75, 3.05) is 19.7 Å². The fraction of sp³-hybridized carbons (Fsp3) is 0.318. The van der Waals surface area contributed by atoms with Crippen LogP contribution in [0.1, 0.15) is 36.5 Å². The summed E-state index contributed by atoms with van der Waals surface area (Å²) in [5, 5.41) is 29.7. The summed E-state index contributed by atoms with van der Waals surface area (Å²) in [6, 6.07) is 10.7. The Hall–Kier alpha value is -3.62. The average molecular weight is 476 g/mol. The molecule has 0 aliphatic rings. The number of aliphatic carboxylic acids is 1. The van der Waals surface area contributed by atoms with Crippen molar-refractivity contribution in [3.8, 4) is 17.6 Å². The van der Waals surface area contributed by atoms with Crippen molar-refractivity contribution in [1.82, 2.24) is 10.0 Å². The van der Waals surface area contributed by atoms with Crippen molar-refractivity contribution in [3.63, 3.8) is 0 Å². The van der Waals surface area contributed by atoms with Gasteiger partial charge in [-0.25, -0.2) is 13.1 Å². The molecule has 0 atom stereocenters. The maximum atomic E-state index is 12.6. The van der Waals surface area contributed by atoms with E-state index in [-0.39, 0.29) is 24.4 Å². The second-order valence-corrected chi connectivity index (χ2v) is 9.16. The number of ether oxygens (including phenoxy) is 1. The van der Waals surface area contributed by atoms with Crippen LogP contribution in [0.5, 0.6) is 11.5 Å². The fourth-order valence-electron chi connectivity index (χ4n) is 2.84. The minimum atomic E-state index is -4.08. The third-order valence-electron chi connectivity index (χ3n) is 4.62. The predicted octanol–water partition coefficient (Wildman–Crippen LogP) is 1.49. The fourth-order valence-corrected chi connectivity index (χ4v) is 3.99. The van der Waals surface area contributed by atoms with Crippen LogP contribution in [0.15, 0.2) is 41.3 Å². The topological polar surface area (TPSA) is 166 Å². The van der Waals surface area contributed by atoms with E-state index in [0.717, 1.165) is 17.7 Å². The lowest BCUT2D eigenvalue weighted by Gasteiger charge is -2.15. The Morgan fingerprint density at radius 1 is 1.18 bits per heavy atom. The molecule has 1 amide bonds. The number of nitrogens with zero attached hydrogens (tertiary/aromatic N) is 1. The molecule has 0 heterocycles. The minimum Gasteiger partial charge on any atom is -0.507 e. The zero-order valence-corrected chi connectivity index (χ0v) is 19.0. The molecule has 0 saturated carbocycles. The molecule has 0 saturated heterocycles. The highest BCUT2D eigenvalue weighted by Crippen LogP contribution is 2.26. The monoisotopic (exact) mass is 475 g/mol. The quantitative estimate of drug-likeness (QED) is 0.379. The first-order valence-corrected chi connectivity index (χ1v) is 11.5. The molecule has 0 spiro atoms. The van der Waals surface area contributed by atoms with Gasteiger partial charge in [-0.05, 0) is 47.7 Å². The van der Waals surface area contributed by atoms with E-state index >= 15 is 0 Å². The first-order chi connectivity index (χ1) is 15.5. The highest BCUT2D eigenvalue weighted by atomic mass is 32.2. The molecular formula is C22H25N3O7S. The average Bonchev–Trinajstić information content (AvgIpc) is 2.76. The largest absolute Gasteiger partial charge is 0.507 e. The summed E-state index contributed by atoms with van der Waals surface area (Å²) in [5.41, 5.74) is 1.66. The zero-order valence-electron chi connectivity index (χ0n) is 18.2. The van der Waals surface area contributed by atoms with Crippen molar-refractivity contribution < 1.29 is 33.0 Å². The minimum absolute atomic E-state index is 0.0405. The van der Waals surface area contributed by atoms with Gasteiger partial charge in [0.15, 0.2) is 6.61 Å². The summed E-state index contributed by atoms with van der Waals surface area (Å²) in [5.74, 6) is -1.70. The van der Waals surface area contributed by atoms with Gasteiger partial charge in [-0.15, -0.1) is 0 Å². The third-order valence-corrected chi connectivity index (χ3v) is 6.11. The number of nitriles is 1. The molecule has 0 fully saturated rings. The SMILES string of the molecule is CC(C)c1ccc(CCNS(=O)(=O)c2cc(C#N)ccc2O)c(OCC(=O)NCC(=O)O)c1. The summed E-state index contributed by atoms with van der Waals surface area (Å²) >= 11 is 0. The van der Waals surface area contributed by atoms with Crippen LogP contribution < -0.4 is 14.8 Å². The number of carbonyl (C=O) groups is 2. The van der Waals surface area contributed by atoms with Crippen LogP contribution in [0, 0.1) is 11.3 Å². The maximum absolute atomic E-state index is 12.6. The molecule has 33 heavy (non-hydrogen) atoms. The molecule has 2 aromatic rings. The van der Waals surface area contributed by atoms with Crippen LogP contribution >= 0.6 is 0 Å². The summed E-state index contributed by atoms with van der Waals surface area (Å²) in [6.07, 6.45) is 0.211. The van der Waals surface area contributed by atoms with Crippen molar-refractivity contribution in [3.05, 3.63) is 53.1 Å². The number of hydrogen-bond acceptors (Lipinski definition) is 7. The van der Waals surface area contributed by atoms with Crippen LogP contribution in [0.4, 0.5) is 0 Å². The van der Waals surface area contributed by atoms with Gasteiger partial charge in [0.05, 0.1) is 11.6 Å². The summed E-state index contributed by atoms with van der Waals surface area (Å²) in [4.78, 5) is 22.0. The number of aromatic hydroxyl groups is 1. The number of phenols is 1. The van der Waals surface area contributed by atoms with Crippen LogP contribution in [-0.4, -0.2) is 50.2 Å². The van der Waals surface area contributed by atoms with Crippen LogP contribution in [0.2, 0.25) is 0 Å². The molecule has 176 valence electrons. The lowest BCUT2D eigenvalue weighted by atomic mass is 10.00. The first kappa shape index (κ1) is 25.6. The summed E-state index contributed by atoms with van der Waals surface area (Å²) in [6.45, 7) is 2.99. The first-order valence-electron chi connectivity index (χ1n) is 10.0. The molecule has 10 nitrogen and oxygen atoms in total. The van der Waals surface area contributed by atoms with E-state index < -0.39 is 45.7 Å². The molecule has 0 unspecified atom stereocenters. The number of hydrogen-bond donors (Lipinski definition) is 4. The predicted molar refractivity (Wildman–Crippen MR) is 118 cm³/mol. The maximum Gasteiger partial charge on any atom is 0.322 e. The van der Waals surface area contributed by atoms with E-state index in [1.165, 1.54) is 6.07 Å². The van der Waals surface area contributed by atoms with Gasteiger partial charge in [-0.1, -0.05) is 26.0 Å². The number of carboxylic acid groups (broad SMARTS) is 1. The Balaban J connectivity index is 2.12. The number of rotatable bonds is 11. The molecule has 0 bridgehead atoms. The molecular weight excluding hydrogens is 450 g/mol. The van der Waals surface area contributed by atoms with Gasteiger partial charge in [0, 0.05) is 6.54 Å². The molecule has 2 rings (SSSR count). The Morgan fingerprint density at radius 2 is 1.91 bits per heavy atom. The van der Waals surface area contributed by atoms with E-state index in [1.54, 1.807) is 12.1 Å². The second-order valence-electron chi connectivity index (χ2n) is 7.42. The highest BCUT2D eigenvalue weighted by Gasteiger charge is 2.19. The van der Waals surface area contributed by atoms with Gasteiger partial charge in [0.25, 0.3) is 5.91 Å². The lowest BCUT2D eigenvalue weighted by Crippen LogP contribution is -2.33. The van der Waals surface area contributed by atoms with E-state index in [1.807, 2.05) is 26.0 Å². The standard InChI is InChI=1S/C22H25N3O7S/c1-14(2)17-5-4-16(19(10-17)32-13-21(27)24-12-22(28)29)7-8-25-33(30,31)20-9-15(11-23)3-6-18(20)26/h3-6,9-10,14,25-26H,7-8,12-13H2,1-2H3,(H,24,27)(H,28,29). The van der Waals surface area contributed by atoms with Crippen molar-refractivity contribution in [1.29, 1.82) is 5.26 Å². The Bertz CT molecular complexity index is 1170. The number of nitrogens with one attached hydrogen (secondary N) is 2. The molecule has 11 heteroatoms. The van der Waals surface area contributed by atoms with E-state index in [0.29, 0.717) is 11.3 Å². The molecule has 0 aromatic heterocycles. The number of amides is 1. The van der Waals surface area contributed by atoms with Gasteiger partial charge in [-0.3, -0.25) is 9.59 Å². The van der Waals surface area contributed by atoms with E-state index in [9.17, 15) is 23.1 Å². The van der Waals surface area contributed by atoms with Gasteiger partial charge in [0.2, 0.25) is 10.0 Å². The van der Waals surface area contributed by atoms with E-state index in [2.05, 4.69) is 10.0 Å². The summed E-state index contributed by atoms with van der Waals surface area (Å²) < 4.78 is 33.1. The van der Waals surface area contributed by atoms with Gasteiger partial charge >= 0.3 is 5.97 Å². The van der Waals surface area contributed by atoms with Crippen LogP contribution in [-0.2, 0) is 26.0 Å². The zero-order chi connectivity index (χ0) is 24.6. The third kappa shape index (κ3) is 7.48. The van der Waals surface area contributed by atoms with Gasteiger partial charge in [0.1, 0.15) is 22.9 Å². The van der Waals surface area contributed by atoms with Gasteiger partial charge in [-0.2, -0.15) is 5.26 Å². The lowest BCUT2D eigenvalue weighted by molar-refractivity contribution is -0.138. The van der Waals surface area contributed by atoms with Crippen molar-refractivity contribution in [2.24, 2.45) is 0 Å². The number of carboxylic acids is 1. The van der Waals surface area contributed by atoms with E-state index in [4.69, 9.17) is 15.1 Å². The Kier molecular flexibility index (Phi) is 8.78. The highest BCUT2D eigenvalue weighted by molar-refractivity contribution is 7.89. The number of carbonyl (C=O) groups excluding carboxylic acids is 1. The number of sulfonamides is 1. The number of benzene rings is 2. The van der Waals surface area contributed by atoms with Crippen molar-refractivity contribution in [2.45, 2.75) is 31.1 Å². The Morgan fingerprint density at radius 3 is 2.55 bits per heavy atom. The second kappa shape index (κ2) is 11.3. The summed E-state index contributed by atoms with van der Waals surface area (Å²) in [7, 11) is -4.08. The Labute approximate surface area is 191 Å². The number of phenolic OH excluding ortho intramolecular Hbond substituents is 1. The van der Waals surface area contributed by atoms with Crippen molar-refractivity contribution >= 4 is 21.9 Å². The van der Waals surface area contributed by atoms with Gasteiger partial charge < -0.3 is 20.3 Å². The molecule has 0 radical (unpaired) electrons. The smallest absolute Gasteiger partial charge is 0.322 e. The molecule has 0 aliphatic heterocycles. The molecule has 0 aliphatic carbocycles. The molecule has 2 aromatic carbocycles. The van der Waals surface area contributed by atoms with Crippen LogP contribution in [0.3, 0.4) is 0 Å². The van der Waals surface area contributed by atoms with Crippen LogP contribution in [0.25, 0.3) is 0 Å². The normalized spacial score (nSPS) is 11.1.